The van der Waals surface area contributed by atoms with Gasteiger partial charge < -0.3 is 5.73 Å². The van der Waals surface area contributed by atoms with E-state index in [9.17, 15) is 4.79 Å². The Morgan fingerprint density at radius 3 is 2.46 bits per heavy atom. The van der Waals surface area contributed by atoms with E-state index in [0.29, 0.717) is 0 Å². The van der Waals surface area contributed by atoms with Crippen molar-refractivity contribution in [2.45, 2.75) is 25.2 Å². The van der Waals surface area contributed by atoms with Gasteiger partial charge in [0, 0.05) is 0 Å². The number of nitrogens with two attached hydrogens (primary N) is 1. The maximum atomic E-state index is 11.3. The summed E-state index contributed by atoms with van der Waals surface area (Å²) >= 11 is 0. The molecule has 0 unspecified atom stereocenters. The van der Waals surface area contributed by atoms with Crippen molar-refractivity contribution in [1.29, 1.82) is 0 Å². The molecule has 68 valence electrons. The molecule has 0 aromatic heterocycles. The van der Waals surface area contributed by atoms with Crippen LogP contribution in [-0.4, -0.2) is 5.91 Å². The third-order valence-corrected chi connectivity index (χ3v) is 2.88. The molecule has 0 saturated heterocycles. The van der Waals surface area contributed by atoms with Crippen molar-refractivity contribution in [2.75, 3.05) is 0 Å². The zero-order valence-electron chi connectivity index (χ0n) is 7.71. The van der Waals surface area contributed by atoms with Crippen LogP contribution in [0, 0.1) is 6.92 Å². The highest BCUT2D eigenvalue weighted by Crippen LogP contribution is 2.48. The van der Waals surface area contributed by atoms with E-state index in [1.807, 2.05) is 31.2 Å². The lowest BCUT2D eigenvalue weighted by Crippen LogP contribution is -2.28. The van der Waals surface area contributed by atoms with E-state index in [-0.39, 0.29) is 11.3 Å². The maximum absolute atomic E-state index is 11.3. The van der Waals surface area contributed by atoms with E-state index in [0.717, 1.165) is 18.4 Å². The number of carbonyl (C=O) groups is 1. The van der Waals surface area contributed by atoms with Crippen molar-refractivity contribution >= 4 is 5.91 Å². The standard InChI is InChI=1S/C11H13NO/c1-8-4-2-3-5-9(8)11(6-7-11)10(12)13/h2-5H,6-7H2,1H3,(H2,12,13). The number of rotatable bonds is 2. The van der Waals surface area contributed by atoms with Crippen molar-refractivity contribution < 1.29 is 4.79 Å². The van der Waals surface area contributed by atoms with Gasteiger partial charge in [-0.3, -0.25) is 4.79 Å². The van der Waals surface area contributed by atoms with E-state index >= 15 is 0 Å². The van der Waals surface area contributed by atoms with Crippen LogP contribution < -0.4 is 5.73 Å². The zero-order chi connectivity index (χ0) is 9.47. The number of primary amides is 1. The van der Waals surface area contributed by atoms with Crippen LogP contribution in [-0.2, 0) is 10.2 Å². The number of benzene rings is 1. The van der Waals surface area contributed by atoms with Crippen LogP contribution in [0.25, 0.3) is 0 Å². The van der Waals surface area contributed by atoms with E-state index in [1.54, 1.807) is 0 Å². The Hall–Kier alpha value is -1.31. The van der Waals surface area contributed by atoms with Gasteiger partial charge in [0.15, 0.2) is 0 Å². The van der Waals surface area contributed by atoms with Crippen LogP contribution in [0.2, 0.25) is 0 Å². The fraction of sp³-hybridized carbons (Fsp3) is 0.364. The van der Waals surface area contributed by atoms with Crippen LogP contribution >= 0.6 is 0 Å². The molecule has 1 aromatic carbocycles. The second-order valence-electron chi connectivity index (χ2n) is 3.76. The molecule has 0 radical (unpaired) electrons. The van der Waals surface area contributed by atoms with E-state index in [2.05, 4.69) is 0 Å². The normalized spacial score (nSPS) is 18.2. The van der Waals surface area contributed by atoms with Crippen molar-refractivity contribution in [3.63, 3.8) is 0 Å². The topological polar surface area (TPSA) is 43.1 Å². The number of hydrogen-bond acceptors (Lipinski definition) is 1. The summed E-state index contributed by atoms with van der Waals surface area (Å²) < 4.78 is 0. The lowest BCUT2D eigenvalue weighted by Gasteiger charge is -2.13. The molecule has 1 amide bonds. The molecular formula is C11H13NO. The molecule has 2 N–H and O–H groups in total. The average molecular weight is 175 g/mol. The highest BCUT2D eigenvalue weighted by molar-refractivity contribution is 5.90. The van der Waals surface area contributed by atoms with Gasteiger partial charge in [-0.05, 0) is 30.9 Å². The molecule has 1 aromatic rings. The number of aryl methyl sites for hydroxylation is 1. The summed E-state index contributed by atoms with van der Waals surface area (Å²) in [6.45, 7) is 2.03. The molecule has 2 rings (SSSR count). The fourth-order valence-electron chi connectivity index (χ4n) is 1.88. The van der Waals surface area contributed by atoms with Gasteiger partial charge in [-0.2, -0.15) is 0 Å². The zero-order valence-corrected chi connectivity index (χ0v) is 7.71. The monoisotopic (exact) mass is 175 g/mol. The Kier molecular flexibility index (Phi) is 1.65. The Morgan fingerprint density at radius 1 is 1.38 bits per heavy atom. The highest BCUT2D eigenvalue weighted by Gasteiger charge is 2.50. The molecule has 0 bridgehead atoms. The summed E-state index contributed by atoms with van der Waals surface area (Å²) in [5.74, 6) is -0.179. The molecule has 2 nitrogen and oxygen atoms in total. The SMILES string of the molecule is Cc1ccccc1C1(C(N)=O)CC1. The second-order valence-corrected chi connectivity index (χ2v) is 3.76. The number of amides is 1. The van der Waals surface area contributed by atoms with Crippen LogP contribution in [0.3, 0.4) is 0 Å². The minimum absolute atomic E-state index is 0.179. The van der Waals surface area contributed by atoms with Crippen LogP contribution in [0.5, 0.6) is 0 Å². The molecule has 1 aliphatic carbocycles. The molecule has 13 heavy (non-hydrogen) atoms. The molecule has 0 aliphatic heterocycles. The van der Waals surface area contributed by atoms with Gasteiger partial charge in [0.2, 0.25) is 5.91 Å². The second kappa shape index (κ2) is 2.59. The largest absolute Gasteiger partial charge is 0.369 e. The summed E-state index contributed by atoms with van der Waals surface area (Å²) in [6.07, 6.45) is 1.82. The van der Waals surface area contributed by atoms with E-state index in [1.165, 1.54) is 5.56 Å². The van der Waals surface area contributed by atoms with Gasteiger partial charge >= 0.3 is 0 Å². The molecule has 0 heterocycles. The van der Waals surface area contributed by atoms with E-state index < -0.39 is 0 Å². The average Bonchev–Trinajstić information content (AvgIpc) is 2.85. The predicted octanol–water partition coefficient (Wildman–Crippen LogP) is 1.51. The van der Waals surface area contributed by atoms with Crippen molar-refractivity contribution in [1.82, 2.24) is 0 Å². The minimum atomic E-state index is -0.328. The summed E-state index contributed by atoms with van der Waals surface area (Å²) in [6, 6.07) is 7.98. The summed E-state index contributed by atoms with van der Waals surface area (Å²) in [5, 5.41) is 0. The van der Waals surface area contributed by atoms with Crippen LogP contribution in [0.1, 0.15) is 24.0 Å². The fourth-order valence-corrected chi connectivity index (χ4v) is 1.88. The lowest BCUT2D eigenvalue weighted by molar-refractivity contribution is -0.120. The Labute approximate surface area is 77.8 Å². The quantitative estimate of drug-likeness (QED) is 0.727. The van der Waals surface area contributed by atoms with Gasteiger partial charge in [0.25, 0.3) is 0 Å². The van der Waals surface area contributed by atoms with Gasteiger partial charge in [0.05, 0.1) is 5.41 Å². The van der Waals surface area contributed by atoms with Gasteiger partial charge in [-0.15, -0.1) is 0 Å². The summed E-state index contributed by atoms with van der Waals surface area (Å²) in [7, 11) is 0. The first-order chi connectivity index (χ1) is 6.17. The Morgan fingerprint density at radius 2 is 2.00 bits per heavy atom. The molecule has 2 heteroatoms. The van der Waals surface area contributed by atoms with Crippen LogP contribution in [0.4, 0.5) is 0 Å². The third-order valence-electron chi connectivity index (χ3n) is 2.88. The highest BCUT2D eigenvalue weighted by atomic mass is 16.1. The minimum Gasteiger partial charge on any atom is -0.369 e. The predicted molar refractivity (Wildman–Crippen MR) is 51.3 cm³/mol. The van der Waals surface area contributed by atoms with Gasteiger partial charge in [0.1, 0.15) is 0 Å². The lowest BCUT2D eigenvalue weighted by atomic mass is 9.91. The molecule has 0 atom stereocenters. The molecule has 1 fully saturated rings. The Balaban J connectivity index is 2.47. The maximum Gasteiger partial charge on any atom is 0.228 e. The smallest absolute Gasteiger partial charge is 0.228 e. The van der Waals surface area contributed by atoms with Gasteiger partial charge in [-0.1, -0.05) is 24.3 Å². The summed E-state index contributed by atoms with van der Waals surface area (Å²) in [4.78, 5) is 11.3. The summed E-state index contributed by atoms with van der Waals surface area (Å²) in [5.41, 5.74) is 7.35. The van der Waals surface area contributed by atoms with Gasteiger partial charge in [-0.25, -0.2) is 0 Å². The van der Waals surface area contributed by atoms with Crippen molar-refractivity contribution in [3.8, 4) is 0 Å². The first kappa shape index (κ1) is 8.30. The number of carbonyl (C=O) groups excluding carboxylic acids is 1. The number of hydrogen-bond donors (Lipinski definition) is 1. The first-order valence-corrected chi connectivity index (χ1v) is 4.53. The van der Waals surface area contributed by atoms with E-state index in [4.69, 9.17) is 5.73 Å². The van der Waals surface area contributed by atoms with Crippen molar-refractivity contribution in [2.24, 2.45) is 5.73 Å². The Bertz CT molecular complexity index is 353. The first-order valence-electron chi connectivity index (χ1n) is 4.53. The molecular weight excluding hydrogens is 162 g/mol. The van der Waals surface area contributed by atoms with Crippen molar-refractivity contribution in [3.05, 3.63) is 35.4 Å². The molecule has 1 aliphatic rings. The van der Waals surface area contributed by atoms with Crippen LogP contribution in [0.15, 0.2) is 24.3 Å². The molecule has 0 spiro atoms. The molecule has 1 saturated carbocycles. The third kappa shape index (κ3) is 1.13.